The summed E-state index contributed by atoms with van der Waals surface area (Å²) in [7, 11) is -3.84. The number of β-lactam (4-membered cyclic amide) rings is 1. The summed E-state index contributed by atoms with van der Waals surface area (Å²) in [6.45, 7) is 0. The Balaban J connectivity index is 1.36. The highest BCUT2D eigenvalue weighted by molar-refractivity contribution is 7.92. The Hall–Kier alpha value is -3.17. The molecule has 2 atom stereocenters. The number of aromatic nitrogens is 1. The van der Waals surface area contributed by atoms with Crippen LogP contribution in [-0.2, 0) is 14.8 Å². The van der Waals surface area contributed by atoms with Crippen LogP contribution in [-0.4, -0.2) is 30.7 Å². The Bertz CT molecular complexity index is 1560. The zero-order valence-corrected chi connectivity index (χ0v) is 22.4. The van der Waals surface area contributed by atoms with Crippen LogP contribution in [0, 0.1) is 0 Å². The summed E-state index contributed by atoms with van der Waals surface area (Å²) in [5.74, 6) is -0.197. The van der Waals surface area contributed by atoms with Crippen molar-refractivity contribution in [3.63, 3.8) is 0 Å². The summed E-state index contributed by atoms with van der Waals surface area (Å²) >= 11 is 13.6. The number of thiazole rings is 1. The quantitative estimate of drug-likeness (QED) is 0.189. The number of nitrogens with one attached hydrogen (secondary N) is 1. The number of hydrogen-bond acceptors (Lipinski definition) is 5. The lowest BCUT2D eigenvalue weighted by molar-refractivity contribution is -0.123. The summed E-state index contributed by atoms with van der Waals surface area (Å²) in [5, 5.41) is 2.15. The summed E-state index contributed by atoms with van der Waals surface area (Å²) in [6.07, 6.45) is 4.59. The summed E-state index contributed by atoms with van der Waals surface area (Å²) in [4.78, 5) is 19.0. The number of hydrogen-bond donors (Lipinski definition) is 1. The van der Waals surface area contributed by atoms with Crippen molar-refractivity contribution in [1.29, 1.82) is 0 Å². The molecule has 0 bridgehead atoms. The number of halogens is 2. The van der Waals surface area contributed by atoms with Crippen LogP contribution in [0.25, 0.3) is 17.3 Å². The fourth-order valence-electron chi connectivity index (χ4n) is 3.99. The molecule has 1 amide bonds. The number of para-hydroxylation sites is 1. The van der Waals surface area contributed by atoms with Crippen molar-refractivity contribution in [2.24, 2.45) is 0 Å². The van der Waals surface area contributed by atoms with Crippen molar-refractivity contribution in [2.75, 3.05) is 9.62 Å². The van der Waals surface area contributed by atoms with Gasteiger partial charge < -0.3 is 0 Å². The Morgan fingerprint density at radius 3 is 2.46 bits per heavy atom. The third-order valence-electron chi connectivity index (χ3n) is 5.90. The van der Waals surface area contributed by atoms with E-state index in [9.17, 15) is 13.2 Å². The van der Waals surface area contributed by atoms with Gasteiger partial charge in [0.25, 0.3) is 10.0 Å². The van der Waals surface area contributed by atoms with Crippen molar-refractivity contribution < 1.29 is 13.2 Å². The van der Waals surface area contributed by atoms with Crippen LogP contribution in [0.3, 0.4) is 0 Å². The van der Waals surface area contributed by atoms with Crippen molar-refractivity contribution in [1.82, 2.24) is 4.98 Å². The number of alkyl halides is 1. The summed E-state index contributed by atoms with van der Waals surface area (Å²) in [6, 6.07) is 22.6. The first-order valence-corrected chi connectivity index (χ1v) is 14.5. The number of carbonyl (C=O) groups excluding carboxylic acids is 1. The van der Waals surface area contributed by atoms with Gasteiger partial charge in [-0.1, -0.05) is 72.3 Å². The molecule has 37 heavy (non-hydrogen) atoms. The maximum absolute atomic E-state index is 12.9. The van der Waals surface area contributed by atoms with Gasteiger partial charge in [0.05, 0.1) is 22.3 Å². The number of amides is 1. The molecule has 2 unspecified atom stereocenters. The highest BCUT2D eigenvalue weighted by Gasteiger charge is 2.47. The van der Waals surface area contributed by atoms with Gasteiger partial charge in [-0.25, -0.2) is 13.4 Å². The Morgan fingerprint density at radius 1 is 1.00 bits per heavy atom. The molecule has 1 aromatic heterocycles. The van der Waals surface area contributed by atoms with Crippen LogP contribution < -0.4 is 9.62 Å². The first kappa shape index (κ1) is 25.5. The van der Waals surface area contributed by atoms with E-state index < -0.39 is 15.4 Å². The number of rotatable bonds is 8. The Labute approximate surface area is 229 Å². The molecule has 1 fully saturated rings. The molecule has 1 saturated heterocycles. The van der Waals surface area contributed by atoms with E-state index >= 15 is 0 Å². The van der Waals surface area contributed by atoms with Gasteiger partial charge >= 0.3 is 0 Å². The van der Waals surface area contributed by atoms with Crippen LogP contribution in [0.5, 0.6) is 0 Å². The van der Waals surface area contributed by atoms with Crippen molar-refractivity contribution in [3.8, 4) is 11.3 Å². The number of benzene rings is 3. The smallest absolute Gasteiger partial charge is 0.261 e. The molecule has 0 saturated carbocycles. The maximum Gasteiger partial charge on any atom is 0.261 e. The van der Waals surface area contributed by atoms with E-state index in [0.29, 0.717) is 33.5 Å². The van der Waals surface area contributed by atoms with E-state index in [4.69, 9.17) is 23.2 Å². The lowest BCUT2D eigenvalue weighted by atomic mass is 9.98. The van der Waals surface area contributed by atoms with E-state index in [1.807, 2.05) is 42.5 Å². The van der Waals surface area contributed by atoms with Crippen LogP contribution in [0.2, 0.25) is 5.02 Å². The van der Waals surface area contributed by atoms with Gasteiger partial charge in [0, 0.05) is 16.0 Å². The molecule has 5 rings (SSSR count). The second-order valence-corrected chi connectivity index (χ2v) is 11.8. The van der Waals surface area contributed by atoms with Crippen molar-refractivity contribution >= 4 is 67.4 Å². The summed E-state index contributed by atoms with van der Waals surface area (Å²) in [5.41, 5.74) is 2.60. The second-order valence-electron chi connectivity index (χ2n) is 8.35. The molecule has 0 aliphatic carbocycles. The number of carbonyl (C=O) groups is 1. The molecule has 6 nitrogen and oxygen atoms in total. The van der Waals surface area contributed by atoms with Gasteiger partial charge in [-0.2, -0.15) is 0 Å². The van der Waals surface area contributed by atoms with Gasteiger partial charge in [0.1, 0.15) is 5.38 Å². The molecule has 188 valence electrons. The third kappa shape index (κ3) is 5.43. The second kappa shape index (κ2) is 10.7. The molecule has 10 heteroatoms. The molecular weight excluding hydrogens is 549 g/mol. The predicted molar refractivity (Wildman–Crippen MR) is 151 cm³/mol. The first-order valence-electron chi connectivity index (χ1n) is 11.4. The van der Waals surface area contributed by atoms with Gasteiger partial charge in [-0.3, -0.25) is 14.4 Å². The Morgan fingerprint density at radius 2 is 1.70 bits per heavy atom. The van der Waals surface area contributed by atoms with Gasteiger partial charge in [-0.15, -0.1) is 22.9 Å². The van der Waals surface area contributed by atoms with Gasteiger partial charge in [0.15, 0.2) is 5.13 Å². The number of nitrogens with zero attached hydrogens (tertiary/aromatic N) is 2. The van der Waals surface area contributed by atoms with E-state index in [0.717, 1.165) is 5.56 Å². The molecule has 2 heterocycles. The highest BCUT2D eigenvalue weighted by Crippen LogP contribution is 2.39. The molecule has 4 aromatic rings. The van der Waals surface area contributed by atoms with Crippen molar-refractivity contribution in [2.45, 2.75) is 22.7 Å². The standard InChI is InChI=1S/C27H21Cl2N3O3S2/c28-19-13-15-20(16-14-19)37(34,35)31-22-11-5-4-10-21(22)23-17-36-27(30-23)32-24(25(29)26(32)33)12-6-9-18-7-2-1-3-8-18/h1-11,13-17,24-25,31H,12H2/b9-6+. The van der Waals surface area contributed by atoms with Crippen LogP contribution in [0.4, 0.5) is 10.8 Å². The van der Waals surface area contributed by atoms with Crippen LogP contribution in [0.15, 0.2) is 95.2 Å². The zero-order chi connectivity index (χ0) is 26.0. The van der Waals surface area contributed by atoms with E-state index in [1.165, 1.54) is 35.6 Å². The number of anilines is 2. The minimum atomic E-state index is -3.84. The molecule has 0 spiro atoms. The van der Waals surface area contributed by atoms with E-state index in [1.54, 1.807) is 34.5 Å². The average molecular weight is 571 g/mol. The van der Waals surface area contributed by atoms with E-state index in [2.05, 4.69) is 9.71 Å². The summed E-state index contributed by atoms with van der Waals surface area (Å²) < 4.78 is 28.5. The normalized spacial score (nSPS) is 17.7. The molecule has 1 aliphatic rings. The lowest BCUT2D eigenvalue weighted by Gasteiger charge is -2.42. The van der Waals surface area contributed by atoms with Gasteiger partial charge in [-0.05, 0) is 42.3 Å². The average Bonchev–Trinajstić information content (AvgIpc) is 3.38. The van der Waals surface area contributed by atoms with Crippen LogP contribution >= 0.6 is 34.5 Å². The van der Waals surface area contributed by atoms with Crippen molar-refractivity contribution in [3.05, 3.63) is 101 Å². The van der Waals surface area contributed by atoms with E-state index in [-0.39, 0.29) is 16.8 Å². The minimum Gasteiger partial charge on any atom is -0.281 e. The predicted octanol–water partition coefficient (Wildman–Crippen LogP) is 6.69. The monoisotopic (exact) mass is 569 g/mol. The third-order valence-corrected chi connectivity index (χ3v) is 8.85. The highest BCUT2D eigenvalue weighted by atomic mass is 35.5. The SMILES string of the molecule is O=C1C(Cl)C(C/C=C/c2ccccc2)N1c1nc(-c2ccccc2NS(=O)(=O)c2ccc(Cl)cc2)cs1. The fourth-order valence-corrected chi connectivity index (χ4v) is 6.40. The molecular formula is C27H21Cl2N3O3S2. The number of sulfonamides is 1. The zero-order valence-electron chi connectivity index (χ0n) is 19.3. The Kier molecular flexibility index (Phi) is 7.35. The fraction of sp³-hybridized carbons (Fsp3) is 0.111. The largest absolute Gasteiger partial charge is 0.281 e. The van der Waals surface area contributed by atoms with Crippen LogP contribution in [0.1, 0.15) is 12.0 Å². The maximum atomic E-state index is 12.9. The topological polar surface area (TPSA) is 79.4 Å². The molecule has 0 radical (unpaired) electrons. The van der Waals surface area contributed by atoms with Gasteiger partial charge in [0.2, 0.25) is 5.91 Å². The molecule has 3 aromatic carbocycles. The lowest BCUT2D eigenvalue weighted by Crippen LogP contribution is -2.62. The molecule has 1 N–H and O–H groups in total. The first-order chi connectivity index (χ1) is 17.8. The minimum absolute atomic E-state index is 0.0939. The molecule has 1 aliphatic heterocycles.